The minimum atomic E-state index is 0.618. The number of nitrogens with zero attached hydrogens (tertiary/aromatic N) is 1. The molecule has 3 rings (SSSR count). The Kier molecular flexibility index (Phi) is 2.02. The maximum absolute atomic E-state index is 7.60. The highest BCUT2D eigenvalue weighted by Gasteiger charge is 2.43. The molecule has 1 aromatic carbocycles. The fourth-order valence-corrected chi connectivity index (χ4v) is 3.27. The van der Waals surface area contributed by atoms with Crippen LogP contribution in [0.4, 0.5) is 0 Å². The molecule has 1 aromatic rings. The van der Waals surface area contributed by atoms with Gasteiger partial charge < -0.3 is 0 Å². The van der Waals surface area contributed by atoms with E-state index in [0.717, 1.165) is 12.6 Å². The third-order valence-electron chi connectivity index (χ3n) is 4.02. The molecule has 2 heterocycles. The van der Waals surface area contributed by atoms with Crippen molar-refractivity contribution in [2.45, 2.75) is 44.8 Å². The first kappa shape index (κ1) is 8.35. The van der Waals surface area contributed by atoms with Gasteiger partial charge in [0, 0.05) is 20.0 Å². The standard InChI is InChI=1S/C14H19N/c1-11-9-13-7-8-14(11)15(13)10-12-5-3-2-4-6-12/h2-6,11,13-14H,7-10H2,1H3/t11-,13-,14+/m0/s1/i1D. The lowest BCUT2D eigenvalue weighted by Crippen LogP contribution is -2.29. The van der Waals surface area contributed by atoms with Crippen molar-refractivity contribution < 1.29 is 1.37 Å². The summed E-state index contributed by atoms with van der Waals surface area (Å²) in [6, 6.07) is 12.2. The lowest BCUT2D eigenvalue weighted by Gasteiger charge is -2.22. The van der Waals surface area contributed by atoms with Crippen LogP contribution in [-0.2, 0) is 6.54 Å². The first-order valence-electron chi connectivity index (χ1n) is 6.68. The van der Waals surface area contributed by atoms with Crippen LogP contribution < -0.4 is 0 Å². The minimum Gasteiger partial charge on any atom is -0.293 e. The molecule has 0 spiro atoms. The summed E-state index contributed by atoms with van der Waals surface area (Å²) in [5, 5.41) is 0. The highest BCUT2D eigenvalue weighted by Crippen LogP contribution is 2.42. The van der Waals surface area contributed by atoms with E-state index in [0.29, 0.717) is 18.9 Å². The van der Waals surface area contributed by atoms with Gasteiger partial charge >= 0.3 is 0 Å². The van der Waals surface area contributed by atoms with Crippen LogP contribution in [0.2, 0.25) is 0 Å². The van der Waals surface area contributed by atoms with Gasteiger partial charge in [-0.1, -0.05) is 37.2 Å². The van der Waals surface area contributed by atoms with Crippen molar-refractivity contribution in [1.29, 1.82) is 0 Å². The smallest absolute Gasteiger partial charge is 0.0239 e. The molecule has 2 aliphatic heterocycles. The molecular formula is C14H19N. The summed E-state index contributed by atoms with van der Waals surface area (Å²) in [6.07, 6.45) is 3.94. The molecule has 3 atom stereocenters. The Bertz CT molecular complexity index is 351. The number of hydrogen-bond acceptors (Lipinski definition) is 1. The molecule has 2 saturated heterocycles. The highest BCUT2D eigenvalue weighted by molar-refractivity contribution is 5.16. The molecule has 80 valence electrons. The Morgan fingerprint density at radius 1 is 1.33 bits per heavy atom. The Labute approximate surface area is 93.5 Å². The van der Waals surface area contributed by atoms with Gasteiger partial charge in [-0.15, -0.1) is 0 Å². The SMILES string of the molecule is [2H]C[C@H]1C[C@@H]2CC[C@H]1N2Cc1ccccc1. The lowest BCUT2D eigenvalue weighted by molar-refractivity contribution is 0.231. The predicted octanol–water partition coefficient (Wildman–Crippen LogP) is 3.06. The molecule has 1 heteroatoms. The summed E-state index contributed by atoms with van der Waals surface area (Å²) in [7, 11) is 0. The molecular weight excluding hydrogens is 182 g/mol. The third-order valence-corrected chi connectivity index (χ3v) is 4.02. The normalized spacial score (nSPS) is 35.7. The van der Waals surface area contributed by atoms with Gasteiger partial charge in [-0.2, -0.15) is 0 Å². The number of fused-ring (bicyclic) bond motifs is 2. The van der Waals surface area contributed by atoms with Crippen LogP contribution in [0.25, 0.3) is 0 Å². The molecule has 0 N–H and O–H groups in total. The van der Waals surface area contributed by atoms with Gasteiger partial charge in [-0.25, -0.2) is 0 Å². The maximum Gasteiger partial charge on any atom is 0.0239 e. The molecule has 0 unspecified atom stereocenters. The zero-order valence-electron chi connectivity index (χ0n) is 10.1. The summed E-state index contributed by atoms with van der Waals surface area (Å²) in [5.41, 5.74) is 1.42. The van der Waals surface area contributed by atoms with Gasteiger partial charge in [0.15, 0.2) is 0 Å². The molecule has 2 fully saturated rings. The van der Waals surface area contributed by atoms with Crippen molar-refractivity contribution in [3.8, 4) is 0 Å². The monoisotopic (exact) mass is 202 g/mol. The van der Waals surface area contributed by atoms with Crippen molar-refractivity contribution in [3.63, 3.8) is 0 Å². The summed E-state index contributed by atoms with van der Waals surface area (Å²) >= 11 is 0. The minimum absolute atomic E-state index is 0.618. The van der Waals surface area contributed by atoms with Gasteiger partial charge in [0.25, 0.3) is 0 Å². The lowest BCUT2D eigenvalue weighted by atomic mass is 9.91. The van der Waals surface area contributed by atoms with Crippen LogP contribution in [0.5, 0.6) is 0 Å². The Hall–Kier alpha value is -0.820. The number of benzene rings is 1. The molecule has 2 aliphatic rings. The first-order valence-corrected chi connectivity index (χ1v) is 5.97. The molecule has 0 amide bonds. The van der Waals surface area contributed by atoms with Gasteiger partial charge in [-0.05, 0) is 30.7 Å². The van der Waals surface area contributed by atoms with E-state index in [-0.39, 0.29) is 0 Å². The summed E-state index contributed by atoms with van der Waals surface area (Å²) in [5.74, 6) is 0.641. The summed E-state index contributed by atoms with van der Waals surface area (Å²) < 4.78 is 7.60. The van der Waals surface area contributed by atoms with Gasteiger partial charge in [0.1, 0.15) is 0 Å². The topological polar surface area (TPSA) is 3.24 Å². The van der Waals surface area contributed by atoms with Crippen LogP contribution in [0.3, 0.4) is 0 Å². The van der Waals surface area contributed by atoms with Crippen molar-refractivity contribution >= 4 is 0 Å². The van der Waals surface area contributed by atoms with Crippen LogP contribution >= 0.6 is 0 Å². The second kappa shape index (κ2) is 3.64. The molecule has 0 aromatic heterocycles. The van der Waals surface area contributed by atoms with Crippen molar-refractivity contribution in [1.82, 2.24) is 4.90 Å². The van der Waals surface area contributed by atoms with Crippen LogP contribution in [-0.4, -0.2) is 17.0 Å². The fraction of sp³-hybridized carbons (Fsp3) is 0.571. The fourth-order valence-electron chi connectivity index (χ4n) is 3.27. The van der Waals surface area contributed by atoms with E-state index in [2.05, 4.69) is 35.2 Å². The van der Waals surface area contributed by atoms with E-state index in [1.165, 1.54) is 24.8 Å². The quantitative estimate of drug-likeness (QED) is 0.712. The van der Waals surface area contributed by atoms with Crippen LogP contribution in [0.15, 0.2) is 30.3 Å². The first-order chi connectivity index (χ1) is 7.88. The van der Waals surface area contributed by atoms with Crippen molar-refractivity contribution in [2.75, 3.05) is 0 Å². The summed E-state index contributed by atoms with van der Waals surface area (Å²) in [4.78, 5) is 2.65. The van der Waals surface area contributed by atoms with E-state index in [1.807, 2.05) is 0 Å². The van der Waals surface area contributed by atoms with Crippen molar-refractivity contribution in [2.24, 2.45) is 5.92 Å². The Balaban J connectivity index is 1.73. The predicted molar refractivity (Wildman–Crippen MR) is 62.6 cm³/mol. The third kappa shape index (κ3) is 1.59. The zero-order chi connectivity index (χ0) is 11.0. The average molecular weight is 202 g/mol. The summed E-state index contributed by atoms with van der Waals surface area (Å²) in [6.45, 7) is 1.71. The van der Waals surface area contributed by atoms with Gasteiger partial charge in [0.05, 0.1) is 0 Å². The molecule has 0 radical (unpaired) electrons. The van der Waals surface area contributed by atoms with E-state index in [9.17, 15) is 0 Å². The molecule has 15 heavy (non-hydrogen) atoms. The van der Waals surface area contributed by atoms with Crippen LogP contribution in [0.1, 0.15) is 33.1 Å². The number of rotatable bonds is 2. The van der Waals surface area contributed by atoms with E-state index in [4.69, 9.17) is 1.37 Å². The second-order valence-electron chi connectivity index (χ2n) is 4.95. The van der Waals surface area contributed by atoms with Gasteiger partial charge in [-0.3, -0.25) is 4.90 Å². The maximum atomic E-state index is 7.60. The number of hydrogen-bond donors (Lipinski definition) is 0. The average Bonchev–Trinajstić information content (AvgIpc) is 2.87. The van der Waals surface area contributed by atoms with Gasteiger partial charge in [0.2, 0.25) is 0 Å². The van der Waals surface area contributed by atoms with E-state index >= 15 is 0 Å². The molecule has 0 saturated carbocycles. The molecule has 0 aliphatic carbocycles. The largest absolute Gasteiger partial charge is 0.293 e. The Morgan fingerprint density at radius 2 is 2.20 bits per heavy atom. The van der Waals surface area contributed by atoms with Crippen LogP contribution in [0, 0.1) is 5.92 Å². The van der Waals surface area contributed by atoms with Crippen molar-refractivity contribution in [3.05, 3.63) is 35.9 Å². The molecule has 1 nitrogen and oxygen atoms in total. The van der Waals surface area contributed by atoms with E-state index in [1.54, 1.807) is 0 Å². The molecule has 2 bridgehead atoms. The Morgan fingerprint density at radius 3 is 2.93 bits per heavy atom. The second-order valence-corrected chi connectivity index (χ2v) is 4.95. The zero-order valence-corrected chi connectivity index (χ0v) is 9.10. The highest BCUT2D eigenvalue weighted by atomic mass is 15.2. The van der Waals surface area contributed by atoms with E-state index < -0.39 is 0 Å².